The molecule has 1 aliphatic rings. The van der Waals surface area contributed by atoms with Gasteiger partial charge in [-0.05, 0) is 0 Å². The van der Waals surface area contributed by atoms with Gasteiger partial charge < -0.3 is 9.64 Å². The van der Waals surface area contributed by atoms with Gasteiger partial charge in [-0.2, -0.15) is 0 Å². The van der Waals surface area contributed by atoms with Crippen LogP contribution in [0.15, 0.2) is 18.7 Å². The molecule has 1 aromatic rings. The number of anilines is 1. The van der Waals surface area contributed by atoms with Gasteiger partial charge in [-0.25, -0.2) is 9.97 Å². The van der Waals surface area contributed by atoms with E-state index in [1.54, 1.807) is 7.11 Å². The van der Waals surface area contributed by atoms with Crippen LogP contribution in [0.5, 0.6) is 0 Å². The zero-order valence-electron chi connectivity index (χ0n) is 6.97. The first-order valence-corrected chi connectivity index (χ1v) is 3.93. The molecule has 1 saturated heterocycles. The summed E-state index contributed by atoms with van der Waals surface area (Å²) in [7, 11) is 1.74. The molecule has 64 valence electrons. The van der Waals surface area contributed by atoms with E-state index < -0.39 is 0 Å². The maximum Gasteiger partial charge on any atom is 0.115 e. The van der Waals surface area contributed by atoms with Crippen LogP contribution in [-0.4, -0.2) is 36.3 Å². The number of aromatic nitrogens is 2. The quantitative estimate of drug-likeness (QED) is 0.632. The first kappa shape index (κ1) is 7.49. The Hall–Kier alpha value is -1.16. The second kappa shape index (κ2) is 3.06. The van der Waals surface area contributed by atoms with Crippen LogP contribution in [0, 0.1) is 0 Å². The lowest BCUT2D eigenvalue weighted by atomic mass is 10.1. The van der Waals surface area contributed by atoms with Crippen molar-refractivity contribution < 1.29 is 4.74 Å². The van der Waals surface area contributed by atoms with E-state index >= 15 is 0 Å². The Balaban J connectivity index is 1.97. The van der Waals surface area contributed by atoms with Crippen LogP contribution < -0.4 is 4.90 Å². The summed E-state index contributed by atoms with van der Waals surface area (Å²) in [4.78, 5) is 10.1. The molecule has 0 radical (unpaired) electrons. The number of hydrogen-bond donors (Lipinski definition) is 0. The van der Waals surface area contributed by atoms with Crippen LogP contribution in [0.4, 0.5) is 5.69 Å². The lowest BCUT2D eigenvalue weighted by Crippen LogP contribution is -2.51. The number of methoxy groups -OCH3 is 1. The minimum atomic E-state index is 0.380. The standard InChI is InChI=1S/C8H11N3O/c1-12-8-4-11(5-8)7-2-9-6-10-3-7/h2-3,6,8H,4-5H2,1H3. The lowest BCUT2D eigenvalue weighted by molar-refractivity contribution is 0.0787. The van der Waals surface area contributed by atoms with E-state index in [-0.39, 0.29) is 0 Å². The smallest absolute Gasteiger partial charge is 0.115 e. The molecule has 0 saturated carbocycles. The normalized spacial score (nSPS) is 17.6. The van der Waals surface area contributed by atoms with Gasteiger partial charge in [0.25, 0.3) is 0 Å². The molecule has 0 unspecified atom stereocenters. The van der Waals surface area contributed by atoms with Gasteiger partial charge in [0.05, 0.1) is 24.2 Å². The average Bonchev–Trinajstić information content (AvgIpc) is 2.04. The third-order valence-corrected chi connectivity index (χ3v) is 2.09. The van der Waals surface area contributed by atoms with Crippen molar-refractivity contribution in [2.75, 3.05) is 25.1 Å². The molecule has 0 amide bonds. The zero-order chi connectivity index (χ0) is 8.39. The fourth-order valence-corrected chi connectivity index (χ4v) is 1.25. The molecule has 2 rings (SSSR count). The SMILES string of the molecule is COC1CN(c2cncnc2)C1. The van der Waals surface area contributed by atoms with Crippen LogP contribution in [0.1, 0.15) is 0 Å². The Morgan fingerprint density at radius 2 is 2.08 bits per heavy atom. The Morgan fingerprint density at radius 3 is 2.67 bits per heavy atom. The van der Waals surface area contributed by atoms with E-state index in [9.17, 15) is 0 Å². The molecule has 0 N–H and O–H groups in total. The van der Waals surface area contributed by atoms with Crippen molar-refractivity contribution in [1.29, 1.82) is 0 Å². The zero-order valence-corrected chi connectivity index (χ0v) is 6.97. The average molecular weight is 165 g/mol. The fraction of sp³-hybridized carbons (Fsp3) is 0.500. The van der Waals surface area contributed by atoms with Gasteiger partial charge in [0.1, 0.15) is 6.33 Å². The first-order valence-electron chi connectivity index (χ1n) is 3.93. The van der Waals surface area contributed by atoms with Gasteiger partial charge in [-0.3, -0.25) is 0 Å². The molecule has 4 nitrogen and oxygen atoms in total. The highest BCUT2D eigenvalue weighted by Crippen LogP contribution is 2.19. The van der Waals surface area contributed by atoms with Crippen molar-refractivity contribution >= 4 is 5.69 Å². The Bertz CT molecular complexity index is 246. The minimum absolute atomic E-state index is 0.380. The number of hydrogen-bond acceptors (Lipinski definition) is 4. The highest BCUT2D eigenvalue weighted by molar-refractivity contribution is 5.44. The number of ether oxygens (including phenoxy) is 1. The highest BCUT2D eigenvalue weighted by Gasteiger charge is 2.26. The van der Waals surface area contributed by atoms with Crippen molar-refractivity contribution in [3.8, 4) is 0 Å². The predicted molar refractivity (Wildman–Crippen MR) is 45.0 cm³/mol. The van der Waals surface area contributed by atoms with Crippen molar-refractivity contribution in [2.24, 2.45) is 0 Å². The summed E-state index contributed by atoms with van der Waals surface area (Å²) in [6.45, 7) is 1.90. The molecule has 1 aliphatic heterocycles. The van der Waals surface area contributed by atoms with Crippen molar-refractivity contribution in [1.82, 2.24) is 9.97 Å². The molecule has 12 heavy (non-hydrogen) atoms. The number of rotatable bonds is 2. The maximum absolute atomic E-state index is 5.16. The monoisotopic (exact) mass is 165 g/mol. The van der Waals surface area contributed by atoms with Crippen molar-refractivity contribution in [3.05, 3.63) is 18.7 Å². The summed E-state index contributed by atoms with van der Waals surface area (Å²) in [5.74, 6) is 0. The van der Waals surface area contributed by atoms with Crippen LogP contribution in [0.3, 0.4) is 0 Å². The molecule has 0 atom stereocenters. The Labute approximate surface area is 71.2 Å². The fourth-order valence-electron chi connectivity index (χ4n) is 1.25. The molecular weight excluding hydrogens is 154 g/mol. The van der Waals surface area contributed by atoms with Crippen molar-refractivity contribution in [2.45, 2.75) is 6.10 Å². The molecule has 0 aliphatic carbocycles. The van der Waals surface area contributed by atoms with E-state index in [1.807, 2.05) is 12.4 Å². The number of nitrogens with zero attached hydrogens (tertiary/aromatic N) is 3. The third-order valence-electron chi connectivity index (χ3n) is 2.09. The summed E-state index contributed by atoms with van der Waals surface area (Å²) in [6.07, 6.45) is 5.56. The van der Waals surface area contributed by atoms with Gasteiger partial charge in [0, 0.05) is 20.2 Å². The van der Waals surface area contributed by atoms with Gasteiger partial charge in [-0.15, -0.1) is 0 Å². The third kappa shape index (κ3) is 1.25. The molecule has 1 fully saturated rings. The second-order valence-corrected chi connectivity index (χ2v) is 2.86. The molecule has 2 heterocycles. The summed E-state index contributed by atoms with van der Waals surface area (Å²) in [5, 5.41) is 0. The van der Waals surface area contributed by atoms with E-state index in [1.165, 1.54) is 6.33 Å². The van der Waals surface area contributed by atoms with Crippen molar-refractivity contribution in [3.63, 3.8) is 0 Å². The van der Waals surface area contributed by atoms with Crippen LogP contribution >= 0.6 is 0 Å². The molecule has 4 heteroatoms. The lowest BCUT2D eigenvalue weighted by Gasteiger charge is -2.39. The molecule has 0 aromatic carbocycles. The molecule has 1 aromatic heterocycles. The largest absolute Gasteiger partial charge is 0.378 e. The highest BCUT2D eigenvalue weighted by atomic mass is 16.5. The van der Waals surface area contributed by atoms with Crippen LogP contribution in [0.25, 0.3) is 0 Å². The van der Waals surface area contributed by atoms with E-state index in [4.69, 9.17) is 4.74 Å². The molecule has 0 bridgehead atoms. The predicted octanol–water partition coefficient (Wildman–Crippen LogP) is 0.312. The summed E-state index contributed by atoms with van der Waals surface area (Å²) >= 11 is 0. The summed E-state index contributed by atoms with van der Waals surface area (Å²) in [5.41, 5.74) is 1.07. The molecular formula is C8H11N3O. The van der Waals surface area contributed by atoms with Crippen LogP contribution in [0.2, 0.25) is 0 Å². The maximum atomic E-state index is 5.16. The van der Waals surface area contributed by atoms with E-state index in [0.29, 0.717) is 6.10 Å². The van der Waals surface area contributed by atoms with Gasteiger partial charge in [0.15, 0.2) is 0 Å². The topological polar surface area (TPSA) is 38.2 Å². The minimum Gasteiger partial charge on any atom is -0.378 e. The molecule has 0 spiro atoms. The second-order valence-electron chi connectivity index (χ2n) is 2.86. The van der Waals surface area contributed by atoms with Gasteiger partial charge in [-0.1, -0.05) is 0 Å². The van der Waals surface area contributed by atoms with Gasteiger partial charge in [0.2, 0.25) is 0 Å². The van der Waals surface area contributed by atoms with E-state index in [2.05, 4.69) is 14.9 Å². The van der Waals surface area contributed by atoms with Crippen LogP contribution in [-0.2, 0) is 4.74 Å². The Kier molecular flexibility index (Phi) is 1.91. The van der Waals surface area contributed by atoms with Gasteiger partial charge >= 0.3 is 0 Å². The van der Waals surface area contributed by atoms with E-state index in [0.717, 1.165) is 18.8 Å². The first-order chi connectivity index (χ1) is 5.90. The Morgan fingerprint density at radius 1 is 1.42 bits per heavy atom. The summed E-state index contributed by atoms with van der Waals surface area (Å²) < 4.78 is 5.16. The summed E-state index contributed by atoms with van der Waals surface area (Å²) in [6, 6.07) is 0.